The Morgan fingerprint density at radius 1 is 1.24 bits per heavy atom. The van der Waals surface area contributed by atoms with Crippen molar-refractivity contribution in [1.29, 1.82) is 0 Å². The van der Waals surface area contributed by atoms with E-state index in [0.717, 1.165) is 27.6 Å². The van der Waals surface area contributed by atoms with Gasteiger partial charge in [0.1, 0.15) is 5.75 Å². The highest BCUT2D eigenvalue weighted by Gasteiger charge is 2.19. The van der Waals surface area contributed by atoms with Crippen LogP contribution in [0.2, 0.25) is 5.02 Å². The second-order valence-corrected chi connectivity index (χ2v) is 5.32. The molecule has 0 aliphatic carbocycles. The number of benzene rings is 2. The number of rotatable bonds is 3. The molecule has 3 rings (SSSR count). The molecule has 1 aliphatic rings. The summed E-state index contributed by atoms with van der Waals surface area (Å²) in [4.78, 5) is 6.44. The molecule has 0 saturated carbocycles. The second-order valence-electron chi connectivity index (χ2n) is 4.91. The van der Waals surface area contributed by atoms with Crippen LogP contribution in [0.3, 0.4) is 0 Å². The maximum Gasteiger partial charge on any atom is 0.197 e. The fourth-order valence-electron chi connectivity index (χ4n) is 2.36. The minimum atomic E-state index is 0.514. The lowest BCUT2D eigenvalue weighted by Crippen LogP contribution is -2.38. The van der Waals surface area contributed by atoms with Crippen molar-refractivity contribution in [3.63, 3.8) is 0 Å². The molecule has 5 heteroatoms. The lowest BCUT2D eigenvalue weighted by Gasteiger charge is -2.28. The van der Waals surface area contributed by atoms with Gasteiger partial charge in [0, 0.05) is 23.7 Å². The summed E-state index contributed by atoms with van der Waals surface area (Å²) in [6.07, 6.45) is 0. The fraction of sp³-hybridized carbons (Fsp3) is 0.188. The number of hydrogen-bond donors (Lipinski definition) is 1. The van der Waals surface area contributed by atoms with Crippen LogP contribution in [0.5, 0.6) is 5.75 Å². The van der Waals surface area contributed by atoms with Gasteiger partial charge >= 0.3 is 0 Å². The van der Waals surface area contributed by atoms with Crippen LogP contribution in [0, 0.1) is 0 Å². The van der Waals surface area contributed by atoms with Gasteiger partial charge in [0.25, 0.3) is 0 Å². The maximum absolute atomic E-state index is 6.24. The van der Waals surface area contributed by atoms with E-state index in [-0.39, 0.29) is 0 Å². The van der Waals surface area contributed by atoms with Gasteiger partial charge < -0.3 is 15.4 Å². The molecule has 2 N–H and O–H groups in total. The van der Waals surface area contributed by atoms with Gasteiger partial charge in [-0.3, -0.25) is 0 Å². The molecule has 0 saturated heterocycles. The molecule has 1 heterocycles. The van der Waals surface area contributed by atoms with Crippen molar-refractivity contribution in [2.75, 3.05) is 7.11 Å². The normalized spacial score (nSPS) is 13.6. The van der Waals surface area contributed by atoms with E-state index in [9.17, 15) is 0 Å². The molecular weight excluding hydrogens is 286 g/mol. The number of aliphatic imine (C=N–C) groups is 1. The van der Waals surface area contributed by atoms with Crippen LogP contribution in [0.4, 0.5) is 5.69 Å². The van der Waals surface area contributed by atoms with Crippen LogP contribution in [0.15, 0.2) is 47.5 Å². The third-order valence-corrected chi connectivity index (χ3v) is 3.89. The van der Waals surface area contributed by atoms with Crippen LogP contribution in [0.1, 0.15) is 11.1 Å². The quantitative estimate of drug-likeness (QED) is 0.946. The summed E-state index contributed by atoms with van der Waals surface area (Å²) in [7, 11) is 1.66. The first kappa shape index (κ1) is 13.8. The minimum Gasteiger partial charge on any atom is -0.497 e. The molecule has 0 bridgehead atoms. The number of nitrogens with zero attached hydrogens (tertiary/aromatic N) is 2. The van der Waals surface area contributed by atoms with E-state index in [4.69, 9.17) is 22.1 Å². The smallest absolute Gasteiger partial charge is 0.197 e. The minimum absolute atomic E-state index is 0.514. The van der Waals surface area contributed by atoms with E-state index in [1.54, 1.807) is 7.11 Å². The molecule has 108 valence electrons. The Balaban J connectivity index is 1.82. The van der Waals surface area contributed by atoms with Gasteiger partial charge in [0.05, 0.1) is 12.8 Å². The summed E-state index contributed by atoms with van der Waals surface area (Å²) in [5, 5.41) is 0.725. The van der Waals surface area contributed by atoms with E-state index in [0.29, 0.717) is 19.0 Å². The number of hydrogen-bond acceptors (Lipinski definition) is 4. The maximum atomic E-state index is 6.24. The van der Waals surface area contributed by atoms with Crippen LogP contribution in [0.25, 0.3) is 0 Å². The molecule has 1 aliphatic heterocycles. The summed E-state index contributed by atoms with van der Waals surface area (Å²) in [5.74, 6) is 1.35. The van der Waals surface area contributed by atoms with Gasteiger partial charge in [-0.25, -0.2) is 4.99 Å². The number of fused-ring (bicyclic) bond motifs is 1. The number of nitrogens with two attached hydrogens (primary N) is 1. The van der Waals surface area contributed by atoms with Crippen LogP contribution < -0.4 is 10.5 Å². The van der Waals surface area contributed by atoms with Crippen molar-refractivity contribution in [3.8, 4) is 5.75 Å². The second kappa shape index (κ2) is 5.66. The van der Waals surface area contributed by atoms with Gasteiger partial charge in [-0.1, -0.05) is 29.8 Å². The van der Waals surface area contributed by atoms with Crippen molar-refractivity contribution < 1.29 is 4.74 Å². The standard InChI is InChI=1S/C16H16ClN3O/c1-21-12-7-5-11(6-8-12)9-20-10-13-14(17)3-2-4-15(13)19-16(20)18/h2-8H,9-10H2,1H3,(H2,18,19). The summed E-state index contributed by atoms with van der Waals surface area (Å²) < 4.78 is 5.16. The third-order valence-electron chi connectivity index (χ3n) is 3.53. The monoisotopic (exact) mass is 301 g/mol. The lowest BCUT2D eigenvalue weighted by molar-refractivity contribution is 0.394. The molecule has 2 aromatic carbocycles. The first-order valence-corrected chi connectivity index (χ1v) is 7.04. The highest BCUT2D eigenvalue weighted by molar-refractivity contribution is 6.31. The van der Waals surface area contributed by atoms with E-state index >= 15 is 0 Å². The van der Waals surface area contributed by atoms with Crippen molar-refractivity contribution in [2.24, 2.45) is 10.7 Å². The van der Waals surface area contributed by atoms with E-state index in [1.807, 2.05) is 47.4 Å². The molecule has 0 atom stereocenters. The highest BCUT2D eigenvalue weighted by atomic mass is 35.5. The van der Waals surface area contributed by atoms with Crippen molar-refractivity contribution in [3.05, 3.63) is 58.6 Å². The van der Waals surface area contributed by atoms with Crippen molar-refractivity contribution >= 4 is 23.2 Å². The van der Waals surface area contributed by atoms with Gasteiger partial charge in [-0.05, 0) is 29.8 Å². The molecule has 0 aromatic heterocycles. The first-order valence-electron chi connectivity index (χ1n) is 6.67. The van der Waals surface area contributed by atoms with Crippen LogP contribution in [-0.2, 0) is 13.1 Å². The Hall–Kier alpha value is -2.20. The van der Waals surface area contributed by atoms with Gasteiger partial charge in [0.2, 0.25) is 0 Å². The van der Waals surface area contributed by atoms with E-state index in [2.05, 4.69) is 4.99 Å². The number of methoxy groups -OCH3 is 1. The summed E-state index contributed by atoms with van der Waals surface area (Å²) in [6.45, 7) is 1.35. The molecule has 21 heavy (non-hydrogen) atoms. The van der Waals surface area contributed by atoms with Gasteiger partial charge in [-0.2, -0.15) is 0 Å². The van der Waals surface area contributed by atoms with Gasteiger partial charge in [0.15, 0.2) is 5.96 Å². The molecule has 4 nitrogen and oxygen atoms in total. The van der Waals surface area contributed by atoms with E-state index < -0.39 is 0 Å². The summed E-state index contributed by atoms with van der Waals surface area (Å²) in [5.41, 5.74) is 9.07. The number of guanidine groups is 1. The Morgan fingerprint density at radius 3 is 2.71 bits per heavy atom. The number of ether oxygens (including phenoxy) is 1. The SMILES string of the molecule is COc1ccc(CN2Cc3c(Cl)cccc3N=C2N)cc1. The van der Waals surface area contributed by atoms with E-state index in [1.165, 1.54) is 0 Å². The fourth-order valence-corrected chi connectivity index (χ4v) is 2.59. The summed E-state index contributed by atoms with van der Waals surface area (Å²) >= 11 is 6.24. The first-order chi connectivity index (χ1) is 10.2. The largest absolute Gasteiger partial charge is 0.497 e. The number of halogens is 1. The zero-order valence-corrected chi connectivity index (χ0v) is 12.5. The lowest BCUT2D eigenvalue weighted by atomic mass is 10.1. The molecular formula is C16H16ClN3O. The predicted molar refractivity (Wildman–Crippen MR) is 85.0 cm³/mol. The van der Waals surface area contributed by atoms with Crippen LogP contribution in [-0.4, -0.2) is 18.0 Å². The van der Waals surface area contributed by atoms with Gasteiger partial charge in [-0.15, -0.1) is 0 Å². The molecule has 0 unspecified atom stereocenters. The Kier molecular flexibility index (Phi) is 3.71. The predicted octanol–water partition coefficient (Wildman–Crippen LogP) is 3.31. The molecule has 0 amide bonds. The Bertz CT molecular complexity index is 682. The topological polar surface area (TPSA) is 50.8 Å². The van der Waals surface area contributed by atoms with Crippen molar-refractivity contribution in [1.82, 2.24) is 4.90 Å². The van der Waals surface area contributed by atoms with Crippen LogP contribution >= 0.6 is 11.6 Å². The molecule has 0 fully saturated rings. The Morgan fingerprint density at radius 2 is 2.00 bits per heavy atom. The zero-order chi connectivity index (χ0) is 14.8. The average Bonchev–Trinajstić information content (AvgIpc) is 2.50. The Labute approximate surface area is 128 Å². The zero-order valence-electron chi connectivity index (χ0n) is 11.7. The third kappa shape index (κ3) is 2.81. The molecule has 0 radical (unpaired) electrons. The molecule has 0 spiro atoms. The average molecular weight is 302 g/mol. The molecule has 2 aromatic rings. The summed E-state index contributed by atoms with van der Waals surface area (Å²) in [6, 6.07) is 13.6. The highest BCUT2D eigenvalue weighted by Crippen LogP contribution is 2.31. The van der Waals surface area contributed by atoms with Crippen molar-refractivity contribution in [2.45, 2.75) is 13.1 Å².